The van der Waals surface area contributed by atoms with Gasteiger partial charge in [-0.15, -0.1) is 16.4 Å². The molecule has 0 saturated carbocycles. The maximum Gasteiger partial charge on any atom is 0.186 e. The Hall–Kier alpha value is -2.50. The highest BCUT2D eigenvalue weighted by atomic mass is 32.1. The van der Waals surface area contributed by atoms with Gasteiger partial charge in [0.15, 0.2) is 11.0 Å². The lowest BCUT2D eigenvalue weighted by molar-refractivity contribution is 0.169. The molecule has 0 amide bonds. The van der Waals surface area contributed by atoms with Gasteiger partial charge in [-0.05, 0) is 29.0 Å². The molecule has 0 radical (unpaired) electrons. The summed E-state index contributed by atoms with van der Waals surface area (Å²) in [5, 5.41) is 13.4. The van der Waals surface area contributed by atoms with Crippen molar-refractivity contribution >= 4 is 38.0 Å². The highest BCUT2D eigenvalue weighted by Crippen LogP contribution is 2.32. The Kier molecular flexibility index (Phi) is 5.40. The number of rotatable bonds is 6. The molecule has 5 rings (SSSR count). The Morgan fingerprint density at radius 3 is 2.80 bits per heavy atom. The van der Waals surface area contributed by atoms with Gasteiger partial charge in [-0.25, -0.2) is 14.1 Å². The average molecular weight is 445 g/mol. The molecule has 1 unspecified atom stereocenters. The van der Waals surface area contributed by atoms with E-state index in [1.807, 2.05) is 22.5 Å². The summed E-state index contributed by atoms with van der Waals surface area (Å²) in [6.45, 7) is 6.25. The van der Waals surface area contributed by atoms with Gasteiger partial charge in [-0.3, -0.25) is 9.88 Å². The molecule has 30 heavy (non-hydrogen) atoms. The fourth-order valence-corrected chi connectivity index (χ4v) is 5.50. The van der Waals surface area contributed by atoms with Gasteiger partial charge in [0, 0.05) is 37.3 Å². The van der Waals surface area contributed by atoms with Crippen LogP contribution >= 0.6 is 22.7 Å². The van der Waals surface area contributed by atoms with Crippen molar-refractivity contribution in [3.8, 4) is 0 Å². The molecule has 4 heterocycles. The first-order valence-electron chi connectivity index (χ1n) is 9.90. The van der Waals surface area contributed by atoms with Gasteiger partial charge in [0.05, 0.1) is 28.3 Å². The number of piperazine rings is 1. The predicted molar refractivity (Wildman–Crippen MR) is 115 cm³/mol. The van der Waals surface area contributed by atoms with Crippen LogP contribution in [0.15, 0.2) is 29.9 Å². The van der Waals surface area contributed by atoms with E-state index in [1.165, 1.54) is 17.4 Å². The molecule has 1 saturated heterocycles. The second kappa shape index (κ2) is 8.32. The summed E-state index contributed by atoms with van der Waals surface area (Å²) in [4.78, 5) is 14.6. The number of tetrazole rings is 1. The van der Waals surface area contributed by atoms with Gasteiger partial charge in [0.2, 0.25) is 0 Å². The molecule has 1 aromatic carbocycles. The molecule has 0 bridgehead atoms. The lowest BCUT2D eigenvalue weighted by Gasteiger charge is -2.38. The van der Waals surface area contributed by atoms with Crippen molar-refractivity contribution in [3.05, 3.63) is 46.4 Å². The van der Waals surface area contributed by atoms with Crippen LogP contribution in [0.2, 0.25) is 0 Å². The van der Waals surface area contributed by atoms with Gasteiger partial charge >= 0.3 is 0 Å². The number of benzene rings is 1. The summed E-state index contributed by atoms with van der Waals surface area (Å²) in [5.41, 5.74) is 2.55. The summed E-state index contributed by atoms with van der Waals surface area (Å²) in [5.74, 6) is 0.690. The fraction of sp³-hybridized carbons (Fsp3) is 0.421. The average Bonchev–Trinajstić information content (AvgIpc) is 3.52. The number of nitrogens with zero attached hydrogens (tertiary/aromatic N) is 8. The van der Waals surface area contributed by atoms with Gasteiger partial charge in [0.1, 0.15) is 5.82 Å². The topological polar surface area (TPSA) is 75.9 Å². The van der Waals surface area contributed by atoms with Crippen LogP contribution in [0, 0.1) is 5.82 Å². The van der Waals surface area contributed by atoms with Crippen molar-refractivity contribution in [3.63, 3.8) is 0 Å². The number of thiazole rings is 2. The number of aromatic nitrogens is 6. The number of hydrogen-bond acceptors (Lipinski definition) is 9. The fourth-order valence-electron chi connectivity index (χ4n) is 3.90. The number of anilines is 1. The van der Waals surface area contributed by atoms with Crippen molar-refractivity contribution in [2.24, 2.45) is 0 Å². The normalized spacial score (nSPS) is 16.4. The first kappa shape index (κ1) is 19.5. The van der Waals surface area contributed by atoms with Crippen molar-refractivity contribution in [2.75, 3.05) is 31.1 Å². The minimum atomic E-state index is -0.200. The maximum atomic E-state index is 14.0. The Morgan fingerprint density at radius 2 is 2.07 bits per heavy atom. The van der Waals surface area contributed by atoms with Crippen LogP contribution < -0.4 is 4.90 Å². The van der Waals surface area contributed by atoms with Gasteiger partial charge in [-0.1, -0.05) is 24.3 Å². The van der Waals surface area contributed by atoms with E-state index in [4.69, 9.17) is 0 Å². The summed E-state index contributed by atoms with van der Waals surface area (Å²) in [6, 6.07) is 5.22. The molecule has 3 aromatic heterocycles. The lowest BCUT2D eigenvalue weighted by atomic mass is 10.1. The molecular weight excluding hydrogens is 423 g/mol. The summed E-state index contributed by atoms with van der Waals surface area (Å²) in [6.07, 6.45) is 2.78. The molecule has 1 fully saturated rings. The van der Waals surface area contributed by atoms with E-state index in [0.717, 1.165) is 53.9 Å². The second-order valence-electron chi connectivity index (χ2n) is 7.19. The molecule has 1 aliphatic rings. The van der Waals surface area contributed by atoms with E-state index in [0.29, 0.717) is 11.2 Å². The van der Waals surface area contributed by atoms with Crippen LogP contribution in [-0.4, -0.2) is 61.3 Å². The van der Waals surface area contributed by atoms with Crippen LogP contribution in [0.25, 0.3) is 10.2 Å². The van der Waals surface area contributed by atoms with Crippen LogP contribution in [0.3, 0.4) is 0 Å². The minimum Gasteiger partial charge on any atom is -0.345 e. The first-order valence-corrected chi connectivity index (χ1v) is 11.6. The van der Waals surface area contributed by atoms with Crippen LogP contribution in [0.1, 0.15) is 30.1 Å². The monoisotopic (exact) mass is 444 g/mol. The molecule has 11 heteroatoms. The zero-order valence-corrected chi connectivity index (χ0v) is 18.1. The van der Waals surface area contributed by atoms with Crippen molar-refractivity contribution < 1.29 is 4.39 Å². The first-order chi connectivity index (χ1) is 14.7. The van der Waals surface area contributed by atoms with E-state index >= 15 is 0 Å². The zero-order chi connectivity index (χ0) is 20.5. The molecule has 8 nitrogen and oxygen atoms in total. The molecule has 156 valence electrons. The largest absolute Gasteiger partial charge is 0.345 e. The Labute approximate surface area is 181 Å². The third-order valence-corrected chi connectivity index (χ3v) is 7.32. The maximum absolute atomic E-state index is 14.0. The molecule has 4 aromatic rings. The number of hydrogen-bond donors (Lipinski definition) is 0. The van der Waals surface area contributed by atoms with Crippen LogP contribution in [0.4, 0.5) is 9.52 Å². The third-order valence-electron chi connectivity index (χ3n) is 5.41. The molecule has 1 atom stereocenters. The number of fused-ring (bicyclic) bond motifs is 1. The quantitative estimate of drug-likeness (QED) is 0.452. The van der Waals surface area contributed by atoms with Crippen LogP contribution in [0.5, 0.6) is 0 Å². The predicted octanol–water partition coefficient (Wildman–Crippen LogP) is 3.20. The van der Waals surface area contributed by atoms with Gasteiger partial charge < -0.3 is 4.90 Å². The highest BCUT2D eigenvalue weighted by Gasteiger charge is 2.29. The van der Waals surface area contributed by atoms with E-state index < -0.39 is 0 Å². The van der Waals surface area contributed by atoms with E-state index in [-0.39, 0.29) is 11.9 Å². The van der Waals surface area contributed by atoms with Gasteiger partial charge in [0.25, 0.3) is 0 Å². The summed E-state index contributed by atoms with van der Waals surface area (Å²) < 4.78 is 16.5. The highest BCUT2D eigenvalue weighted by molar-refractivity contribution is 7.22. The molecular formula is C19H21FN8S2. The standard InChI is InChI=1S/C19H21FN8S2/c1-2-16(18-23-24-25-28(18)11-13-10-21-12-29-13)26-6-8-27(9-7-26)19-22-15-5-3-4-14(20)17(15)30-19/h3-5,10,12,16H,2,6-9,11H2,1H3. The number of halogens is 1. The molecule has 0 N–H and O–H groups in total. The van der Waals surface area contributed by atoms with Crippen molar-refractivity contribution in [2.45, 2.75) is 25.9 Å². The van der Waals surface area contributed by atoms with Gasteiger partial charge in [-0.2, -0.15) is 0 Å². The smallest absolute Gasteiger partial charge is 0.186 e. The molecule has 0 spiro atoms. The van der Waals surface area contributed by atoms with Crippen LogP contribution in [-0.2, 0) is 6.54 Å². The van der Waals surface area contributed by atoms with E-state index in [1.54, 1.807) is 17.4 Å². The Morgan fingerprint density at radius 1 is 1.20 bits per heavy atom. The third kappa shape index (κ3) is 3.68. The summed E-state index contributed by atoms with van der Waals surface area (Å²) in [7, 11) is 0. The van der Waals surface area contributed by atoms with E-state index in [9.17, 15) is 4.39 Å². The van der Waals surface area contributed by atoms with Crippen molar-refractivity contribution in [1.82, 2.24) is 35.1 Å². The molecule has 0 aliphatic carbocycles. The SMILES string of the molecule is CCC(c1nnnn1Cc1cncs1)N1CCN(c2nc3cccc(F)c3s2)CC1. The minimum absolute atomic E-state index is 0.155. The summed E-state index contributed by atoms with van der Waals surface area (Å²) >= 11 is 3.03. The second-order valence-corrected chi connectivity index (χ2v) is 9.14. The lowest BCUT2D eigenvalue weighted by Crippen LogP contribution is -2.48. The Balaban J connectivity index is 1.29. The van der Waals surface area contributed by atoms with Crippen molar-refractivity contribution in [1.29, 1.82) is 0 Å². The zero-order valence-electron chi connectivity index (χ0n) is 16.5. The Bertz CT molecular complexity index is 1120. The van der Waals surface area contributed by atoms with E-state index in [2.05, 4.69) is 42.2 Å². The molecule has 1 aliphatic heterocycles.